The Morgan fingerprint density at radius 1 is 1.00 bits per heavy atom. The molecule has 0 aliphatic carbocycles. The molecule has 0 spiro atoms. The molecule has 0 unspecified atom stereocenters. The van der Waals surface area contributed by atoms with Gasteiger partial charge in [-0.15, -0.1) is 5.10 Å². The molecule has 4 aromatic rings. The van der Waals surface area contributed by atoms with Gasteiger partial charge in [0, 0.05) is 23.5 Å². The number of aromatic nitrogens is 5. The Morgan fingerprint density at radius 3 is 2.46 bits per heavy atom. The fourth-order valence-corrected chi connectivity index (χ4v) is 3.52. The minimum absolute atomic E-state index is 0.0526. The van der Waals surface area contributed by atoms with Crippen LogP contribution in [0.1, 0.15) is 11.3 Å². The molecule has 192 valence electrons. The van der Waals surface area contributed by atoms with Crippen LogP contribution in [0.5, 0.6) is 5.88 Å². The number of thiocarbonyl (C=S) groups is 1. The molecule has 0 fully saturated rings. The minimum atomic E-state index is -4.58. The number of pyridine rings is 1. The molecule has 1 aromatic carbocycles. The lowest BCUT2D eigenvalue weighted by molar-refractivity contribution is -0.137. The second-order valence-corrected chi connectivity index (χ2v) is 8.31. The van der Waals surface area contributed by atoms with E-state index < -0.39 is 16.8 Å². The molecule has 0 atom stereocenters. The van der Waals surface area contributed by atoms with Gasteiger partial charge in [0.05, 0.1) is 29.6 Å². The summed E-state index contributed by atoms with van der Waals surface area (Å²) in [5.41, 5.74) is 0.473. The lowest BCUT2D eigenvalue weighted by Crippen LogP contribution is -2.20. The van der Waals surface area contributed by atoms with E-state index in [1.54, 1.807) is 24.3 Å². The molecule has 0 bridgehead atoms. The number of nitrogens with one attached hydrogen (secondary N) is 5. The lowest BCUT2D eigenvalue weighted by Gasteiger charge is -2.14. The van der Waals surface area contributed by atoms with Crippen molar-refractivity contribution in [1.29, 1.82) is 0 Å². The molecular formula is C22H19ClF3N9OS. The monoisotopic (exact) mass is 549 g/mol. The first kappa shape index (κ1) is 25.9. The number of ether oxygens (including phenoxy) is 1. The molecule has 0 saturated carbocycles. The number of alkyl halides is 3. The van der Waals surface area contributed by atoms with Crippen molar-refractivity contribution in [2.75, 3.05) is 28.4 Å². The molecule has 0 radical (unpaired) electrons. The number of aryl methyl sites for hydroxylation is 1. The first-order chi connectivity index (χ1) is 17.6. The Labute approximate surface area is 219 Å². The van der Waals surface area contributed by atoms with Crippen LogP contribution in [0.4, 0.5) is 47.9 Å². The van der Waals surface area contributed by atoms with Gasteiger partial charge in [-0.2, -0.15) is 18.2 Å². The average molecular weight is 550 g/mol. The largest absolute Gasteiger partial charge is 0.480 e. The summed E-state index contributed by atoms with van der Waals surface area (Å²) in [6, 6.07) is 10.2. The number of nitrogens with zero attached hydrogens (tertiary/aromatic N) is 4. The van der Waals surface area contributed by atoms with Crippen LogP contribution in [-0.4, -0.2) is 37.4 Å². The maximum atomic E-state index is 13.1. The Balaban J connectivity index is 1.38. The second-order valence-electron chi connectivity index (χ2n) is 7.50. The van der Waals surface area contributed by atoms with Gasteiger partial charge in [0.15, 0.2) is 5.11 Å². The van der Waals surface area contributed by atoms with Crippen LogP contribution >= 0.6 is 23.8 Å². The van der Waals surface area contributed by atoms with Gasteiger partial charge in [0.25, 0.3) is 0 Å². The van der Waals surface area contributed by atoms with Gasteiger partial charge in [0.1, 0.15) is 17.5 Å². The topological polar surface area (TPSA) is 125 Å². The summed E-state index contributed by atoms with van der Waals surface area (Å²) in [7, 11) is 1.52. The zero-order valence-electron chi connectivity index (χ0n) is 19.2. The highest BCUT2D eigenvalue weighted by Crippen LogP contribution is 2.36. The molecule has 0 amide bonds. The van der Waals surface area contributed by atoms with Crippen LogP contribution < -0.4 is 26.0 Å². The highest BCUT2D eigenvalue weighted by atomic mass is 35.5. The standard InChI is InChI=1S/C22H19ClF3N9OS/c1-11-7-17(31-18-9-19(36-2)35-34-18)32-20(28-11)29-13-4-6-16(27-10-13)33-21(37)30-12-3-5-15(23)14(8-12)22(24,25)26/h3-10H,1-2H3,(H2,27,30,33,37)(H3,28,29,31,32,34,35). The third-order valence-corrected chi connectivity index (χ3v) is 5.21. The fourth-order valence-electron chi connectivity index (χ4n) is 3.07. The predicted octanol–water partition coefficient (Wildman–Crippen LogP) is 5.88. The van der Waals surface area contributed by atoms with Crippen LogP contribution in [-0.2, 0) is 6.18 Å². The first-order valence-corrected chi connectivity index (χ1v) is 11.3. The number of hydrogen-bond donors (Lipinski definition) is 5. The number of rotatable bonds is 7. The number of aromatic amines is 1. The Kier molecular flexibility index (Phi) is 7.59. The highest BCUT2D eigenvalue weighted by Gasteiger charge is 2.33. The van der Waals surface area contributed by atoms with Crippen LogP contribution in [0.3, 0.4) is 0 Å². The average Bonchev–Trinajstić information content (AvgIpc) is 3.28. The zero-order valence-corrected chi connectivity index (χ0v) is 20.8. The molecule has 0 aliphatic heterocycles. The van der Waals surface area contributed by atoms with Crippen molar-refractivity contribution in [3.8, 4) is 5.88 Å². The van der Waals surface area contributed by atoms with Crippen LogP contribution in [0.25, 0.3) is 0 Å². The summed E-state index contributed by atoms with van der Waals surface area (Å²) in [4.78, 5) is 13.0. The lowest BCUT2D eigenvalue weighted by atomic mass is 10.2. The van der Waals surface area contributed by atoms with E-state index in [0.29, 0.717) is 40.7 Å². The van der Waals surface area contributed by atoms with E-state index in [4.69, 9.17) is 28.6 Å². The van der Waals surface area contributed by atoms with E-state index in [-0.39, 0.29) is 10.8 Å². The van der Waals surface area contributed by atoms with Crippen LogP contribution in [0.15, 0.2) is 48.7 Å². The van der Waals surface area contributed by atoms with Crippen LogP contribution in [0.2, 0.25) is 5.02 Å². The summed E-state index contributed by atoms with van der Waals surface area (Å²) < 4.78 is 44.2. The molecule has 15 heteroatoms. The SMILES string of the molecule is COc1cc(Nc2cc(C)nc(Nc3ccc(NC(=S)Nc4ccc(Cl)c(C(F)(F)F)c4)nc3)n2)[nH]n1. The summed E-state index contributed by atoms with van der Waals surface area (Å²) in [5.74, 6) is 2.25. The van der Waals surface area contributed by atoms with Crippen molar-refractivity contribution in [2.45, 2.75) is 13.1 Å². The smallest absolute Gasteiger partial charge is 0.417 e. The normalized spacial score (nSPS) is 11.1. The van der Waals surface area contributed by atoms with Gasteiger partial charge in [-0.05, 0) is 49.5 Å². The first-order valence-electron chi connectivity index (χ1n) is 10.5. The zero-order chi connectivity index (χ0) is 26.6. The molecule has 37 heavy (non-hydrogen) atoms. The second kappa shape index (κ2) is 10.8. The van der Waals surface area contributed by atoms with Gasteiger partial charge in [-0.3, -0.25) is 5.10 Å². The fraction of sp³-hybridized carbons (Fsp3) is 0.136. The van der Waals surface area contributed by atoms with Gasteiger partial charge in [-0.25, -0.2) is 9.97 Å². The Hall–Kier alpha value is -4.17. The number of anilines is 6. The van der Waals surface area contributed by atoms with E-state index in [2.05, 4.69) is 46.4 Å². The minimum Gasteiger partial charge on any atom is -0.480 e. The molecule has 3 heterocycles. The van der Waals surface area contributed by atoms with E-state index in [9.17, 15) is 13.2 Å². The maximum Gasteiger partial charge on any atom is 0.417 e. The van der Waals surface area contributed by atoms with E-state index in [0.717, 1.165) is 12.1 Å². The third kappa shape index (κ3) is 6.95. The molecule has 0 aliphatic rings. The molecule has 10 nitrogen and oxygen atoms in total. The number of hydrogen-bond acceptors (Lipinski definition) is 8. The van der Waals surface area contributed by atoms with E-state index >= 15 is 0 Å². The maximum absolute atomic E-state index is 13.1. The molecule has 3 aromatic heterocycles. The van der Waals surface area contributed by atoms with Gasteiger partial charge < -0.3 is 26.0 Å². The van der Waals surface area contributed by atoms with Crippen LogP contribution in [0, 0.1) is 6.92 Å². The number of H-pyrrole nitrogens is 1. The number of halogens is 4. The predicted molar refractivity (Wildman–Crippen MR) is 139 cm³/mol. The highest BCUT2D eigenvalue weighted by molar-refractivity contribution is 7.80. The van der Waals surface area contributed by atoms with Crippen molar-refractivity contribution >= 4 is 63.7 Å². The van der Waals surface area contributed by atoms with Gasteiger partial charge >= 0.3 is 6.18 Å². The summed E-state index contributed by atoms with van der Waals surface area (Å²) in [5, 5.41) is 18.1. The Morgan fingerprint density at radius 2 is 1.78 bits per heavy atom. The van der Waals surface area contributed by atoms with Crippen molar-refractivity contribution in [3.63, 3.8) is 0 Å². The van der Waals surface area contributed by atoms with E-state index in [1.165, 1.54) is 19.4 Å². The Bertz CT molecular complexity index is 1410. The summed E-state index contributed by atoms with van der Waals surface area (Å²) >= 11 is 10.8. The number of benzene rings is 1. The quantitative estimate of drug-likeness (QED) is 0.178. The summed E-state index contributed by atoms with van der Waals surface area (Å²) in [6.07, 6.45) is -3.06. The van der Waals surface area contributed by atoms with Crippen molar-refractivity contribution in [1.82, 2.24) is 25.1 Å². The summed E-state index contributed by atoms with van der Waals surface area (Å²) in [6.45, 7) is 1.82. The molecule has 4 rings (SSSR count). The van der Waals surface area contributed by atoms with Crippen molar-refractivity contribution in [2.24, 2.45) is 0 Å². The third-order valence-electron chi connectivity index (χ3n) is 4.67. The molecular weight excluding hydrogens is 531 g/mol. The van der Waals surface area contributed by atoms with Gasteiger partial charge in [-0.1, -0.05) is 11.6 Å². The number of methoxy groups -OCH3 is 1. The molecule has 5 N–H and O–H groups in total. The van der Waals surface area contributed by atoms with Crippen molar-refractivity contribution < 1.29 is 17.9 Å². The van der Waals surface area contributed by atoms with Gasteiger partial charge in [0.2, 0.25) is 11.8 Å². The van der Waals surface area contributed by atoms with E-state index in [1.807, 2.05) is 6.92 Å². The molecule has 0 saturated heterocycles. The van der Waals surface area contributed by atoms with Crippen molar-refractivity contribution in [3.05, 3.63) is 64.9 Å².